The van der Waals surface area contributed by atoms with Crippen molar-refractivity contribution < 1.29 is 18.0 Å². The van der Waals surface area contributed by atoms with Crippen molar-refractivity contribution in [1.82, 2.24) is 10.2 Å². The smallest absolute Gasteiger partial charge is 0.354 e. The van der Waals surface area contributed by atoms with E-state index in [0.29, 0.717) is 0 Å². The Hall–Kier alpha value is -0.430. The third-order valence-electron chi connectivity index (χ3n) is 3.14. The van der Waals surface area contributed by atoms with Crippen LogP contribution in [0, 0.1) is 0 Å². The second kappa shape index (κ2) is 5.06. The van der Waals surface area contributed by atoms with Gasteiger partial charge in [-0.05, 0) is 18.6 Å². The summed E-state index contributed by atoms with van der Waals surface area (Å²) >= 11 is 1.57. The van der Waals surface area contributed by atoms with E-state index in [4.69, 9.17) is 0 Å². The Kier molecular flexibility index (Phi) is 3.87. The quantitative estimate of drug-likeness (QED) is 0.784. The Bertz CT molecular complexity index is 292. The van der Waals surface area contributed by atoms with Crippen molar-refractivity contribution in [3.63, 3.8) is 0 Å². The summed E-state index contributed by atoms with van der Waals surface area (Å²) in [6, 6.07) is -1.54. The molecule has 0 saturated carbocycles. The Labute approximate surface area is 102 Å². The van der Waals surface area contributed by atoms with E-state index < -0.39 is 12.2 Å². The molecule has 2 unspecified atom stereocenters. The van der Waals surface area contributed by atoms with Gasteiger partial charge in [-0.1, -0.05) is 0 Å². The fourth-order valence-electron chi connectivity index (χ4n) is 2.27. The molecule has 7 heteroatoms. The van der Waals surface area contributed by atoms with Crippen LogP contribution >= 0.6 is 11.8 Å². The van der Waals surface area contributed by atoms with Crippen LogP contribution in [0.5, 0.6) is 0 Å². The molecule has 98 valence electrons. The van der Waals surface area contributed by atoms with Crippen molar-refractivity contribution in [3.05, 3.63) is 0 Å². The minimum absolute atomic E-state index is 0.0886. The number of carbonyl (C=O) groups is 1. The zero-order valence-corrected chi connectivity index (χ0v) is 10.1. The zero-order chi connectivity index (χ0) is 12.5. The van der Waals surface area contributed by atoms with Gasteiger partial charge >= 0.3 is 6.18 Å². The van der Waals surface area contributed by atoms with E-state index in [0.717, 1.165) is 18.6 Å². The molecule has 0 aromatic carbocycles. The van der Waals surface area contributed by atoms with Crippen molar-refractivity contribution in [2.75, 3.05) is 18.8 Å². The maximum atomic E-state index is 13.0. The van der Waals surface area contributed by atoms with Gasteiger partial charge in [0.2, 0.25) is 5.91 Å². The molecule has 2 heterocycles. The second-order valence-corrected chi connectivity index (χ2v) is 5.60. The largest absolute Gasteiger partial charge is 0.405 e. The summed E-state index contributed by atoms with van der Waals surface area (Å²) in [5, 5.41) is 2.26. The van der Waals surface area contributed by atoms with E-state index in [1.54, 1.807) is 11.8 Å². The number of nitrogens with zero attached hydrogens (tertiary/aromatic N) is 1. The number of hydrogen-bond acceptors (Lipinski definition) is 3. The summed E-state index contributed by atoms with van der Waals surface area (Å²) in [6.45, 7) is -0.118. The van der Waals surface area contributed by atoms with Crippen LogP contribution in [0.2, 0.25) is 0 Å². The zero-order valence-electron chi connectivity index (χ0n) is 9.29. The highest BCUT2D eigenvalue weighted by Gasteiger charge is 2.47. The molecule has 3 nitrogen and oxygen atoms in total. The molecule has 17 heavy (non-hydrogen) atoms. The normalized spacial score (nSPS) is 32.3. The highest BCUT2D eigenvalue weighted by molar-refractivity contribution is 8.00. The van der Waals surface area contributed by atoms with Crippen LogP contribution in [0.3, 0.4) is 0 Å². The van der Waals surface area contributed by atoms with Crippen LogP contribution in [-0.4, -0.2) is 47.2 Å². The number of amides is 1. The third-order valence-corrected chi connectivity index (χ3v) is 4.56. The van der Waals surface area contributed by atoms with Crippen LogP contribution < -0.4 is 5.32 Å². The minimum Gasteiger partial charge on any atom is -0.354 e. The van der Waals surface area contributed by atoms with E-state index in [-0.39, 0.29) is 30.8 Å². The Morgan fingerprint density at radius 1 is 1.41 bits per heavy atom. The van der Waals surface area contributed by atoms with Gasteiger partial charge < -0.3 is 5.32 Å². The topological polar surface area (TPSA) is 32.3 Å². The standard InChI is InChI=1S/C10H15F3N2OS/c11-10(12,13)7-6-14-8(16)3-4-15(7)9-2-1-5-17-9/h7,9H,1-6H2,(H,14,16). The van der Waals surface area contributed by atoms with E-state index in [1.165, 1.54) is 4.90 Å². The summed E-state index contributed by atoms with van der Waals surface area (Å²) in [7, 11) is 0. The number of halogens is 3. The molecule has 1 amide bonds. The molecule has 0 radical (unpaired) electrons. The molecule has 1 N–H and O–H groups in total. The summed E-state index contributed by atoms with van der Waals surface area (Å²) in [5.41, 5.74) is 0. The first kappa shape index (κ1) is 13.0. The van der Waals surface area contributed by atoms with Crippen LogP contribution in [0.25, 0.3) is 0 Å². The lowest BCUT2D eigenvalue weighted by Gasteiger charge is -2.34. The van der Waals surface area contributed by atoms with Gasteiger partial charge in [-0.2, -0.15) is 13.2 Å². The molecule has 2 aliphatic heterocycles. The van der Waals surface area contributed by atoms with E-state index in [2.05, 4.69) is 5.32 Å². The highest BCUT2D eigenvalue weighted by Crippen LogP contribution is 2.35. The molecule has 2 fully saturated rings. The molecule has 0 aromatic heterocycles. The number of thioether (sulfide) groups is 1. The van der Waals surface area contributed by atoms with Crippen molar-refractivity contribution in [3.8, 4) is 0 Å². The number of hydrogen-bond donors (Lipinski definition) is 1. The summed E-state index contributed by atoms with van der Waals surface area (Å²) in [5.74, 6) is 0.623. The van der Waals surface area contributed by atoms with E-state index in [9.17, 15) is 18.0 Å². The van der Waals surface area contributed by atoms with E-state index >= 15 is 0 Å². The molecule has 2 atom stereocenters. The molecule has 2 aliphatic rings. The molecular weight excluding hydrogens is 253 g/mol. The summed E-state index contributed by atoms with van der Waals surface area (Å²) in [4.78, 5) is 12.7. The van der Waals surface area contributed by atoms with Gasteiger partial charge in [0, 0.05) is 19.5 Å². The monoisotopic (exact) mass is 268 g/mol. The number of nitrogens with one attached hydrogen (secondary N) is 1. The van der Waals surface area contributed by atoms with Gasteiger partial charge in [0.25, 0.3) is 0 Å². The number of rotatable bonds is 1. The van der Waals surface area contributed by atoms with Gasteiger partial charge in [-0.25, -0.2) is 0 Å². The lowest BCUT2D eigenvalue weighted by Crippen LogP contribution is -2.52. The lowest BCUT2D eigenvalue weighted by atomic mass is 10.2. The summed E-state index contributed by atoms with van der Waals surface area (Å²) < 4.78 is 38.9. The van der Waals surface area contributed by atoms with Crippen molar-refractivity contribution >= 4 is 17.7 Å². The third kappa shape index (κ3) is 3.07. The average Bonchev–Trinajstić information content (AvgIpc) is 2.67. The number of alkyl halides is 3. The van der Waals surface area contributed by atoms with Crippen LogP contribution in [-0.2, 0) is 4.79 Å². The molecule has 0 bridgehead atoms. The molecule has 2 saturated heterocycles. The van der Waals surface area contributed by atoms with Crippen LogP contribution in [0.4, 0.5) is 13.2 Å². The van der Waals surface area contributed by atoms with Crippen LogP contribution in [0.15, 0.2) is 0 Å². The minimum atomic E-state index is -4.28. The molecule has 0 spiro atoms. The first-order valence-electron chi connectivity index (χ1n) is 5.69. The SMILES string of the molecule is O=C1CCN(C2CCCS2)C(C(F)(F)F)CN1. The van der Waals surface area contributed by atoms with Crippen molar-refractivity contribution in [2.45, 2.75) is 36.9 Å². The van der Waals surface area contributed by atoms with Gasteiger partial charge in [0.05, 0.1) is 5.37 Å². The number of carbonyl (C=O) groups excluding carboxylic acids is 1. The average molecular weight is 268 g/mol. The fraction of sp³-hybridized carbons (Fsp3) is 0.900. The van der Waals surface area contributed by atoms with Gasteiger partial charge in [-0.3, -0.25) is 9.69 Å². The highest BCUT2D eigenvalue weighted by atomic mass is 32.2. The molecule has 2 rings (SSSR count). The van der Waals surface area contributed by atoms with Gasteiger partial charge in [-0.15, -0.1) is 11.8 Å². The lowest BCUT2D eigenvalue weighted by molar-refractivity contribution is -0.182. The molecular formula is C10H15F3N2OS. The summed E-state index contributed by atoms with van der Waals surface area (Å²) in [6.07, 6.45) is -2.38. The maximum absolute atomic E-state index is 13.0. The first-order chi connectivity index (χ1) is 7.98. The predicted molar refractivity (Wildman–Crippen MR) is 59.7 cm³/mol. The maximum Gasteiger partial charge on any atom is 0.405 e. The fourth-order valence-corrected chi connectivity index (χ4v) is 3.66. The predicted octanol–water partition coefficient (Wildman–Crippen LogP) is 1.59. The van der Waals surface area contributed by atoms with Gasteiger partial charge in [0.1, 0.15) is 6.04 Å². The van der Waals surface area contributed by atoms with E-state index in [1.807, 2.05) is 0 Å². The Morgan fingerprint density at radius 3 is 2.76 bits per heavy atom. The Morgan fingerprint density at radius 2 is 2.18 bits per heavy atom. The Balaban J connectivity index is 2.14. The molecule has 0 aromatic rings. The second-order valence-electron chi connectivity index (χ2n) is 4.32. The van der Waals surface area contributed by atoms with Gasteiger partial charge in [0.15, 0.2) is 0 Å². The first-order valence-corrected chi connectivity index (χ1v) is 6.74. The van der Waals surface area contributed by atoms with Crippen LogP contribution in [0.1, 0.15) is 19.3 Å². The molecule has 0 aliphatic carbocycles. The van der Waals surface area contributed by atoms with Crippen molar-refractivity contribution in [2.24, 2.45) is 0 Å². The van der Waals surface area contributed by atoms with Crippen molar-refractivity contribution in [1.29, 1.82) is 0 Å².